The minimum absolute atomic E-state index is 0.364. The number of nitrogens with one attached hydrogen (secondary N) is 1. The minimum Gasteiger partial charge on any atom is -0.318 e. The highest BCUT2D eigenvalue weighted by atomic mass is 35.5. The summed E-state index contributed by atoms with van der Waals surface area (Å²) in [7, 11) is -3.66. The SMILES string of the molecule is CCc1ccccc1N(CC(=O)N/N=C\c1cc(C)n(-c2ccc(Cl)cc2)c1C)S(C)(=O)=O. The molecule has 0 bridgehead atoms. The highest BCUT2D eigenvalue weighted by Crippen LogP contribution is 2.23. The van der Waals surface area contributed by atoms with E-state index in [0.29, 0.717) is 17.1 Å². The Balaban J connectivity index is 1.76. The van der Waals surface area contributed by atoms with Gasteiger partial charge in [-0.1, -0.05) is 36.7 Å². The maximum atomic E-state index is 12.5. The molecule has 0 fully saturated rings. The number of anilines is 1. The molecule has 2 aromatic carbocycles. The maximum Gasteiger partial charge on any atom is 0.260 e. The van der Waals surface area contributed by atoms with Gasteiger partial charge in [0.05, 0.1) is 18.2 Å². The topological polar surface area (TPSA) is 83.8 Å². The molecule has 0 atom stereocenters. The van der Waals surface area contributed by atoms with Gasteiger partial charge in [0.2, 0.25) is 10.0 Å². The number of hydrazone groups is 1. The Morgan fingerprint density at radius 1 is 1.15 bits per heavy atom. The van der Waals surface area contributed by atoms with Crippen molar-refractivity contribution >= 4 is 39.4 Å². The van der Waals surface area contributed by atoms with E-state index < -0.39 is 15.9 Å². The van der Waals surface area contributed by atoms with E-state index in [4.69, 9.17) is 11.6 Å². The van der Waals surface area contributed by atoms with Crippen LogP contribution in [0.4, 0.5) is 5.69 Å². The molecule has 0 radical (unpaired) electrons. The van der Waals surface area contributed by atoms with Gasteiger partial charge in [0, 0.05) is 27.7 Å². The molecule has 1 heterocycles. The fourth-order valence-corrected chi connectivity index (χ4v) is 4.69. The number of aryl methyl sites for hydroxylation is 2. The zero-order chi connectivity index (χ0) is 24.2. The van der Waals surface area contributed by atoms with Crippen LogP contribution in [0, 0.1) is 13.8 Å². The molecule has 0 aliphatic heterocycles. The minimum atomic E-state index is -3.66. The molecular weight excluding hydrogens is 460 g/mol. The van der Waals surface area contributed by atoms with E-state index in [1.807, 2.05) is 63.2 Å². The number of aromatic nitrogens is 1. The average Bonchev–Trinajstić information content (AvgIpc) is 3.05. The standard InChI is InChI=1S/C24H27ClN4O3S/c1-5-19-8-6-7-9-23(19)28(33(4,31)32)16-24(30)27-26-15-20-14-17(2)29(18(20)3)22-12-10-21(25)11-13-22/h6-15H,5,16H2,1-4H3,(H,27,30)/b26-15-. The summed E-state index contributed by atoms with van der Waals surface area (Å²) in [4.78, 5) is 12.5. The van der Waals surface area contributed by atoms with Crippen LogP contribution < -0.4 is 9.73 Å². The van der Waals surface area contributed by atoms with E-state index in [0.717, 1.165) is 38.8 Å². The van der Waals surface area contributed by atoms with Crippen molar-refractivity contribution in [2.24, 2.45) is 5.10 Å². The lowest BCUT2D eigenvalue weighted by atomic mass is 10.1. The van der Waals surface area contributed by atoms with Crippen LogP contribution in [0.3, 0.4) is 0 Å². The van der Waals surface area contributed by atoms with E-state index in [9.17, 15) is 13.2 Å². The normalized spacial score (nSPS) is 11.7. The summed E-state index contributed by atoms with van der Waals surface area (Å²) >= 11 is 5.99. The van der Waals surface area contributed by atoms with Crippen molar-refractivity contribution in [1.29, 1.82) is 0 Å². The number of nitrogens with zero attached hydrogens (tertiary/aromatic N) is 3. The number of halogens is 1. The van der Waals surface area contributed by atoms with Crippen LogP contribution in [0.5, 0.6) is 0 Å². The van der Waals surface area contributed by atoms with Gasteiger partial charge in [-0.05, 0) is 62.2 Å². The molecule has 3 rings (SSSR count). The molecule has 0 saturated carbocycles. The molecule has 0 spiro atoms. The number of carbonyl (C=O) groups excluding carboxylic acids is 1. The molecule has 0 saturated heterocycles. The Morgan fingerprint density at radius 2 is 1.82 bits per heavy atom. The third kappa shape index (κ3) is 5.83. The second-order valence-electron chi connectivity index (χ2n) is 7.68. The van der Waals surface area contributed by atoms with Crippen molar-refractivity contribution in [1.82, 2.24) is 9.99 Å². The van der Waals surface area contributed by atoms with Crippen molar-refractivity contribution in [3.8, 4) is 5.69 Å². The van der Waals surface area contributed by atoms with Gasteiger partial charge in [0.1, 0.15) is 6.54 Å². The summed E-state index contributed by atoms with van der Waals surface area (Å²) in [5.41, 5.74) is 7.53. The molecule has 9 heteroatoms. The van der Waals surface area contributed by atoms with Crippen molar-refractivity contribution in [3.05, 3.63) is 82.1 Å². The molecule has 0 unspecified atom stereocenters. The Morgan fingerprint density at radius 3 is 2.45 bits per heavy atom. The van der Waals surface area contributed by atoms with E-state index in [2.05, 4.69) is 15.1 Å². The molecular formula is C24H27ClN4O3S. The predicted octanol–water partition coefficient (Wildman–Crippen LogP) is 4.23. The third-order valence-corrected chi connectivity index (χ3v) is 6.66. The monoisotopic (exact) mass is 486 g/mol. The number of hydrogen-bond donors (Lipinski definition) is 1. The quantitative estimate of drug-likeness (QED) is 0.382. The van der Waals surface area contributed by atoms with E-state index >= 15 is 0 Å². The number of para-hydroxylation sites is 1. The summed E-state index contributed by atoms with van der Waals surface area (Å²) in [6, 6.07) is 16.6. The smallest absolute Gasteiger partial charge is 0.260 e. The summed E-state index contributed by atoms with van der Waals surface area (Å²) in [5, 5.41) is 4.72. The van der Waals surface area contributed by atoms with E-state index in [1.54, 1.807) is 18.3 Å². The predicted molar refractivity (Wildman–Crippen MR) is 134 cm³/mol. The van der Waals surface area contributed by atoms with Gasteiger partial charge in [0.15, 0.2) is 0 Å². The lowest BCUT2D eigenvalue weighted by Gasteiger charge is -2.23. The van der Waals surface area contributed by atoms with Crippen molar-refractivity contribution in [2.45, 2.75) is 27.2 Å². The molecule has 174 valence electrons. The molecule has 7 nitrogen and oxygen atoms in total. The maximum absolute atomic E-state index is 12.5. The van der Waals surface area contributed by atoms with Gasteiger partial charge in [-0.2, -0.15) is 5.10 Å². The lowest BCUT2D eigenvalue weighted by Crippen LogP contribution is -2.39. The van der Waals surface area contributed by atoms with Crippen molar-refractivity contribution in [3.63, 3.8) is 0 Å². The number of hydrogen-bond acceptors (Lipinski definition) is 4. The van der Waals surface area contributed by atoms with Crippen LogP contribution in [0.2, 0.25) is 5.02 Å². The zero-order valence-electron chi connectivity index (χ0n) is 19.0. The van der Waals surface area contributed by atoms with Gasteiger partial charge >= 0.3 is 0 Å². The number of rotatable bonds is 8. The average molecular weight is 487 g/mol. The Bertz CT molecular complexity index is 1280. The van der Waals surface area contributed by atoms with E-state index in [1.165, 1.54) is 0 Å². The zero-order valence-corrected chi connectivity index (χ0v) is 20.6. The fourth-order valence-electron chi connectivity index (χ4n) is 3.68. The Labute approximate surface area is 199 Å². The van der Waals surface area contributed by atoms with Gasteiger partial charge in [0.25, 0.3) is 5.91 Å². The fraction of sp³-hybridized carbons (Fsp3) is 0.250. The third-order valence-electron chi connectivity index (χ3n) is 5.28. The van der Waals surface area contributed by atoms with Crippen LogP contribution in [0.15, 0.2) is 59.7 Å². The molecule has 3 aromatic rings. The Hall–Kier alpha value is -3.10. The summed E-state index contributed by atoms with van der Waals surface area (Å²) in [6.07, 6.45) is 3.28. The van der Waals surface area contributed by atoms with Crippen molar-refractivity contribution in [2.75, 3.05) is 17.1 Å². The second kappa shape index (κ2) is 10.2. The molecule has 1 N–H and O–H groups in total. The van der Waals surface area contributed by atoms with E-state index in [-0.39, 0.29) is 6.54 Å². The number of sulfonamides is 1. The van der Waals surface area contributed by atoms with Gasteiger partial charge in [-0.15, -0.1) is 0 Å². The van der Waals surface area contributed by atoms with Crippen LogP contribution >= 0.6 is 11.6 Å². The second-order valence-corrected chi connectivity index (χ2v) is 10.0. The largest absolute Gasteiger partial charge is 0.318 e. The molecule has 0 aliphatic carbocycles. The number of benzene rings is 2. The summed E-state index contributed by atoms with van der Waals surface area (Å²) < 4.78 is 27.9. The lowest BCUT2D eigenvalue weighted by molar-refractivity contribution is -0.119. The highest BCUT2D eigenvalue weighted by Gasteiger charge is 2.22. The molecule has 0 aliphatic rings. The molecule has 33 heavy (non-hydrogen) atoms. The highest BCUT2D eigenvalue weighted by molar-refractivity contribution is 7.92. The summed E-state index contributed by atoms with van der Waals surface area (Å²) in [6.45, 7) is 5.51. The van der Waals surface area contributed by atoms with Crippen LogP contribution in [-0.2, 0) is 21.2 Å². The first-order valence-electron chi connectivity index (χ1n) is 10.4. The van der Waals surface area contributed by atoms with Gasteiger partial charge in [-0.3, -0.25) is 9.10 Å². The van der Waals surface area contributed by atoms with Crippen LogP contribution in [0.25, 0.3) is 5.69 Å². The first kappa shape index (κ1) is 24.5. The van der Waals surface area contributed by atoms with Crippen LogP contribution in [-0.4, -0.2) is 37.9 Å². The van der Waals surface area contributed by atoms with Crippen LogP contribution in [0.1, 0.15) is 29.4 Å². The van der Waals surface area contributed by atoms with Crippen molar-refractivity contribution < 1.29 is 13.2 Å². The molecule has 1 aromatic heterocycles. The molecule has 1 amide bonds. The van der Waals surface area contributed by atoms with Gasteiger partial charge in [-0.25, -0.2) is 13.8 Å². The first-order chi connectivity index (χ1) is 15.6. The Kier molecular flexibility index (Phi) is 7.61. The number of carbonyl (C=O) groups is 1. The van der Waals surface area contributed by atoms with Gasteiger partial charge < -0.3 is 4.57 Å². The number of amides is 1. The summed E-state index contributed by atoms with van der Waals surface area (Å²) in [5.74, 6) is -0.533. The first-order valence-corrected chi connectivity index (χ1v) is 12.7.